The highest BCUT2D eigenvalue weighted by molar-refractivity contribution is 5.83. The van der Waals surface area contributed by atoms with Gasteiger partial charge in [-0.05, 0) is 35.0 Å². The van der Waals surface area contributed by atoms with E-state index in [1.54, 1.807) is 6.20 Å². The van der Waals surface area contributed by atoms with Crippen molar-refractivity contribution in [3.8, 4) is 5.75 Å². The molecule has 0 bridgehead atoms. The molecule has 0 radical (unpaired) electrons. The van der Waals surface area contributed by atoms with Crippen molar-refractivity contribution in [1.82, 2.24) is 9.97 Å². The number of ether oxygens (including phenoxy) is 1. The molecule has 0 fully saturated rings. The number of para-hydroxylation sites is 2. The number of nitrogens with zero attached hydrogens (tertiary/aromatic N) is 2. The van der Waals surface area contributed by atoms with Gasteiger partial charge in [-0.25, -0.2) is 4.98 Å². The summed E-state index contributed by atoms with van der Waals surface area (Å²) >= 11 is 0. The fourth-order valence-corrected chi connectivity index (χ4v) is 2.48. The van der Waals surface area contributed by atoms with Crippen molar-refractivity contribution >= 4 is 21.8 Å². The Balaban J connectivity index is 1.57. The molecule has 1 heterocycles. The highest BCUT2D eigenvalue weighted by Crippen LogP contribution is 2.21. The minimum Gasteiger partial charge on any atom is -0.487 e. The molecule has 1 aromatic heterocycles. The van der Waals surface area contributed by atoms with Gasteiger partial charge in [-0.3, -0.25) is 4.98 Å². The zero-order valence-corrected chi connectivity index (χ0v) is 11.9. The Morgan fingerprint density at radius 1 is 0.773 bits per heavy atom. The van der Waals surface area contributed by atoms with Crippen LogP contribution in [0, 0.1) is 0 Å². The predicted molar refractivity (Wildman–Crippen MR) is 87.8 cm³/mol. The monoisotopic (exact) mass is 286 g/mol. The summed E-state index contributed by atoms with van der Waals surface area (Å²) in [7, 11) is 0. The van der Waals surface area contributed by atoms with E-state index in [-0.39, 0.29) is 0 Å². The molecule has 22 heavy (non-hydrogen) atoms. The number of rotatable bonds is 3. The average Bonchev–Trinajstić information content (AvgIpc) is 2.59. The van der Waals surface area contributed by atoms with Gasteiger partial charge in [0.2, 0.25) is 0 Å². The molecule has 0 atom stereocenters. The first-order valence-electron chi connectivity index (χ1n) is 7.21. The summed E-state index contributed by atoms with van der Waals surface area (Å²) in [6.45, 7) is 0.413. The standard InChI is InChI=1S/C19H14N2O/c1-2-6-15-11-17(10-9-14(15)5-1)22-13-16-12-20-18-7-3-4-8-19(18)21-16/h1-12H,13H2. The van der Waals surface area contributed by atoms with Crippen LogP contribution in [0.2, 0.25) is 0 Å². The number of aromatic nitrogens is 2. The van der Waals surface area contributed by atoms with Crippen LogP contribution in [0.3, 0.4) is 0 Å². The molecule has 0 aliphatic rings. The third-order valence-corrected chi connectivity index (χ3v) is 3.61. The van der Waals surface area contributed by atoms with Crippen LogP contribution < -0.4 is 4.74 Å². The van der Waals surface area contributed by atoms with Gasteiger partial charge in [0.05, 0.1) is 22.9 Å². The maximum Gasteiger partial charge on any atom is 0.132 e. The summed E-state index contributed by atoms with van der Waals surface area (Å²) in [6, 6.07) is 22.2. The largest absolute Gasteiger partial charge is 0.487 e. The lowest BCUT2D eigenvalue weighted by atomic mass is 10.1. The van der Waals surface area contributed by atoms with Crippen LogP contribution in [0.15, 0.2) is 72.9 Å². The van der Waals surface area contributed by atoms with Crippen molar-refractivity contribution in [2.45, 2.75) is 6.61 Å². The molecule has 0 N–H and O–H groups in total. The van der Waals surface area contributed by atoms with Gasteiger partial charge in [0.1, 0.15) is 12.4 Å². The summed E-state index contributed by atoms with van der Waals surface area (Å²) in [6.07, 6.45) is 1.77. The van der Waals surface area contributed by atoms with E-state index in [2.05, 4.69) is 28.2 Å². The predicted octanol–water partition coefficient (Wildman–Crippen LogP) is 4.36. The van der Waals surface area contributed by atoms with Crippen molar-refractivity contribution in [3.63, 3.8) is 0 Å². The molecule has 0 unspecified atom stereocenters. The Bertz CT molecular complexity index is 870. The quantitative estimate of drug-likeness (QED) is 0.561. The molecule has 0 aliphatic carbocycles. The third kappa shape index (κ3) is 2.49. The molecule has 3 nitrogen and oxygen atoms in total. The molecule has 106 valence electrons. The Kier molecular flexibility index (Phi) is 3.16. The molecule has 0 aliphatic heterocycles. The lowest BCUT2D eigenvalue weighted by molar-refractivity contribution is 0.301. The van der Waals surface area contributed by atoms with E-state index < -0.39 is 0 Å². The minimum absolute atomic E-state index is 0.413. The number of fused-ring (bicyclic) bond motifs is 2. The molecule has 0 saturated carbocycles. The van der Waals surface area contributed by atoms with E-state index >= 15 is 0 Å². The van der Waals surface area contributed by atoms with Crippen LogP contribution in [0.5, 0.6) is 5.75 Å². The highest BCUT2D eigenvalue weighted by atomic mass is 16.5. The second-order valence-corrected chi connectivity index (χ2v) is 5.15. The molecule has 0 saturated heterocycles. The zero-order valence-electron chi connectivity index (χ0n) is 11.9. The average molecular weight is 286 g/mol. The smallest absolute Gasteiger partial charge is 0.132 e. The van der Waals surface area contributed by atoms with E-state index in [1.807, 2.05) is 48.5 Å². The normalized spacial score (nSPS) is 10.9. The Labute approximate surface area is 128 Å². The first-order chi connectivity index (χ1) is 10.9. The molecule has 0 spiro atoms. The Hall–Kier alpha value is -2.94. The second kappa shape index (κ2) is 5.45. The van der Waals surface area contributed by atoms with Crippen molar-refractivity contribution in [2.75, 3.05) is 0 Å². The fraction of sp³-hybridized carbons (Fsp3) is 0.0526. The van der Waals surface area contributed by atoms with Gasteiger partial charge < -0.3 is 4.74 Å². The van der Waals surface area contributed by atoms with Crippen LogP contribution in [0.1, 0.15) is 5.69 Å². The molecule has 4 rings (SSSR count). The lowest BCUT2D eigenvalue weighted by Gasteiger charge is -2.07. The molecule has 0 amide bonds. The maximum absolute atomic E-state index is 5.85. The van der Waals surface area contributed by atoms with Crippen molar-refractivity contribution in [1.29, 1.82) is 0 Å². The van der Waals surface area contributed by atoms with Gasteiger partial charge in [-0.15, -0.1) is 0 Å². The van der Waals surface area contributed by atoms with Gasteiger partial charge in [-0.2, -0.15) is 0 Å². The number of hydrogen-bond acceptors (Lipinski definition) is 3. The Morgan fingerprint density at radius 3 is 2.45 bits per heavy atom. The Morgan fingerprint density at radius 2 is 1.55 bits per heavy atom. The summed E-state index contributed by atoms with van der Waals surface area (Å²) in [5.74, 6) is 0.841. The topological polar surface area (TPSA) is 35.0 Å². The van der Waals surface area contributed by atoms with Crippen LogP contribution in [0.25, 0.3) is 21.8 Å². The van der Waals surface area contributed by atoms with Gasteiger partial charge in [0.15, 0.2) is 0 Å². The SMILES string of the molecule is c1ccc2cc(OCc3cnc4ccccc4n3)ccc2c1. The van der Waals surface area contributed by atoms with Gasteiger partial charge in [-0.1, -0.05) is 42.5 Å². The molecular formula is C19H14N2O. The van der Waals surface area contributed by atoms with Gasteiger partial charge >= 0.3 is 0 Å². The van der Waals surface area contributed by atoms with Crippen LogP contribution in [-0.2, 0) is 6.61 Å². The first-order valence-corrected chi connectivity index (χ1v) is 7.21. The second-order valence-electron chi connectivity index (χ2n) is 5.15. The summed E-state index contributed by atoms with van der Waals surface area (Å²) in [4.78, 5) is 8.97. The van der Waals surface area contributed by atoms with Crippen molar-refractivity contribution in [2.24, 2.45) is 0 Å². The van der Waals surface area contributed by atoms with E-state index in [1.165, 1.54) is 10.8 Å². The minimum atomic E-state index is 0.413. The number of hydrogen-bond donors (Lipinski definition) is 0. The number of benzene rings is 3. The molecule has 3 aromatic carbocycles. The first kappa shape index (κ1) is 12.8. The van der Waals surface area contributed by atoms with E-state index in [0.717, 1.165) is 22.5 Å². The lowest BCUT2D eigenvalue weighted by Crippen LogP contribution is -1.99. The molecule has 3 heteroatoms. The van der Waals surface area contributed by atoms with Crippen LogP contribution >= 0.6 is 0 Å². The van der Waals surface area contributed by atoms with Crippen LogP contribution in [0.4, 0.5) is 0 Å². The molecule has 4 aromatic rings. The summed E-state index contributed by atoms with van der Waals surface area (Å²) < 4.78 is 5.85. The molecular weight excluding hydrogens is 272 g/mol. The van der Waals surface area contributed by atoms with E-state index in [0.29, 0.717) is 6.61 Å². The van der Waals surface area contributed by atoms with Gasteiger partial charge in [0, 0.05) is 0 Å². The van der Waals surface area contributed by atoms with E-state index in [4.69, 9.17) is 4.74 Å². The maximum atomic E-state index is 5.85. The zero-order chi connectivity index (χ0) is 14.8. The fourth-order valence-electron chi connectivity index (χ4n) is 2.48. The van der Waals surface area contributed by atoms with Crippen molar-refractivity contribution in [3.05, 3.63) is 78.6 Å². The highest BCUT2D eigenvalue weighted by Gasteiger charge is 2.02. The van der Waals surface area contributed by atoms with Gasteiger partial charge in [0.25, 0.3) is 0 Å². The van der Waals surface area contributed by atoms with E-state index in [9.17, 15) is 0 Å². The third-order valence-electron chi connectivity index (χ3n) is 3.61. The summed E-state index contributed by atoms with van der Waals surface area (Å²) in [5.41, 5.74) is 2.62. The van der Waals surface area contributed by atoms with Crippen LogP contribution in [-0.4, -0.2) is 9.97 Å². The van der Waals surface area contributed by atoms with Crippen molar-refractivity contribution < 1.29 is 4.74 Å². The summed E-state index contributed by atoms with van der Waals surface area (Å²) in [5, 5.41) is 2.38.